The van der Waals surface area contributed by atoms with Crippen molar-refractivity contribution in [1.29, 1.82) is 0 Å². The van der Waals surface area contributed by atoms with Crippen LogP contribution in [0.3, 0.4) is 0 Å². The molecule has 0 fully saturated rings. The predicted octanol–water partition coefficient (Wildman–Crippen LogP) is 2.07. The summed E-state index contributed by atoms with van der Waals surface area (Å²) >= 11 is 3.18. The Morgan fingerprint density at radius 2 is 2.16 bits per heavy atom. The Labute approximate surface area is 125 Å². The molecule has 0 spiro atoms. The monoisotopic (exact) mass is 351 g/mol. The van der Waals surface area contributed by atoms with E-state index in [2.05, 4.69) is 21.2 Å². The molecule has 0 aliphatic heterocycles. The molecule has 106 valence electrons. The minimum absolute atomic E-state index is 0. The van der Waals surface area contributed by atoms with E-state index in [1.165, 1.54) is 18.2 Å². The quantitative estimate of drug-likeness (QED) is 0.650. The number of nitro groups is 1. The van der Waals surface area contributed by atoms with Crippen molar-refractivity contribution in [3.05, 3.63) is 38.3 Å². The van der Waals surface area contributed by atoms with Crippen LogP contribution in [0.2, 0.25) is 0 Å². The summed E-state index contributed by atoms with van der Waals surface area (Å²) < 4.78 is 0.429. The van der Waals surface area contributed by atoms with Crippen molar-refractivity contribution in [2.75, 3.05) is 27.2 Å². The zero-order chi connectivity index (χ0) is 13.7. The molecule has 0 unspecified atom stereocenters. The van der Waals surface area contributed by atoms with E-state index in [0.29, 0.717) is 23.1 Å². The van der Waals surface area contributed by atoms with E-state index < -0.39 is 4.92 Å². The molecule has 1 amide bonds. The number of hydrogen-bond acceptors (Lipinski definition) is 4. The largest absolute Gasteiger partial charge is 0.340 e. The van der Waals surface area contributed by atoms with Crippen molar-refractivity contribution in [3.8, 4) is 0 Å². The number of carbonyl (C=O) groups is 1. The van der Waals surface area contributed by atoms with Crippen molar-refractivity contribution in [2.24, 2.45) is 0 Å². The van der Waals surface area contributed by atoms with E-state index in [1.807, 2.05) is 0 Å². The minimum Gasteiger partial charge on any atom is -0.340 e. The van der Waals surface area contributed by atoms with Crippen LogP contribution in [-0.4, -0.2) is 42.9 Å². The van der Waals surface area contributed by atoms with Crippen LogP contribution in [0.1, 0.15) is 10.4 Å². The Morgan fingerprint density at radius 3 is 2.63 bits per heavy atom. The molecular formula is C11H15BrClN3O3. The predicted molar refractivity (Wildman–Crippen MR) is 78.9 cm³/mol. The number of nitrogens with one attached hydrogen (secondary N) is 1. The number of carbonyl (C=O) groups excluding carboxylic acids is 1. The molecule has 8 heteroatoms. The number of nitrogens with zero attached hydrogens (tertiary/aromatic N) is 2. The number of nitro benzene ring substituents is 1. The molecular weight excluding hydrogens is 337 g/mol. The van der Waals surface area contributed by atoms with Crippen LogP contribution >= 0.6 is 28.3 Å². The number of non-ortho nitro benzene ring substituents is 1. The molecule has 0 saturated carbocycles. The number of halogens is 2. The van der Waals surface area contributed by atoms with Crippen LogP contribution in [0.25, 0.3) is 0 Å². The standard InChI is InChI=1S/C11H14BrN3O3.ClH/c1-13-5-6-14(2)11(16)9-4-3-8(15(17)18)7-10(9)12;/h3-4,7,13H,5-6H2,1-2H3;1H. The third-order valence-electron chi connectivity index (χ3n) is 2.44. The molecule has 0 bridgehead atoms. The summed E-state index contributed by atoms with van der Waals surface area (Å²) in [6.07, 6.45) is 0. The highest BCUT2D eigenvalue weighted by Gasteiger charge is 2.17. The van der Waals surface area contributed by atoms with Gasteiger partial charge in [0.05, 0.1) is 10.5 Å². The molecule has 1 N–H and O–H groups in total. The van der Waals surface area contributed by atoms with Gasteiger partial charge >= 0.3 is 0 Å². The van der Waals surface area contributed by atoms with Gasteiger partial charge in [0.1, 0.15) is 0 Å². The van der Waals surface area contributed by atoms with Gasteiger partial charge in [-0.1, -0.05) is 0 Å². The fourth-order valence-corrected chi connectivity index (χ4v) is 1.91. The fraction of sp³-hybridized carbons (Fsp3) is 0.364. The molecule has 6 nitrogen and oxygen atoms in total. The average molecular weight is 353 g/mol. The first-order valence-corrected chi connectivity index (χ1v) is 6.10. The Hall–Kier alpha value is -1.18. The molecule has 0 saturated heterocycles. The van der Waals surface area contributed by atoms with Gasteiger partial charge in [-0.2, -0.15) is 0 Å². The first-order valence-electron chi connectivity index (χ1n) is 5.31. The van der Waals surface area contributed by atoms with Gasteiger partial charge < -0.3 is 10.2 Å². The maximum Gasteiger partial charge on any atom is 0.270 e. The van der Waals surface area contributed by atoms with Gasteiger partial charge in [0, 0.05) is 36.7 Å². The number of benzene rings is 1. The van der Waals surface area contributed by atoms with E-state index in [0.717, 1.165) is 0 Å². The second kappa shape index (κ2) is 8.08. The smallest absolute Gasteiger partial charge is 0.270 e. The van der Waals surface area contributed by atoms with Crippen LogP contribution in [0.5, 0.6) is 0 Å². The lowest BCUT2D eigenvalue weighted by atomic mass is 10.2. The molecule has 1 rings (SSSR count). The molecule has 0 aliphatic carbocycles. The Kier molecular flexibility index (Phi) is 7.58. The summed E-state index contributed by atoms with van der Waals surface area (Å²) in [5.41, 5.74) is 0.371. The second-order valence-electron chi connectivity index (χ2n) is 3.75. The van der Waals surface area contributed by atoms with Crippen LogP contribution in [0.4, 0.5) is 5.69 Å². The summed E-state index contributed by atoms with van der Waals surface area (Å²) in [6.45, 7) is 1.26. The average Bonchev–Trinajstić information content (AvgIpc) is 2.34. The van der Waals surface area contributed by atoms with Gasteiger partial charge in [-0.05, 0) is 29.0 Å². The number of amides is 1. The molecule has 0 heterocycles. The van der Waals surface area contributed by atoms with Gasteiger partial charge in [-0.15, -0.1) is 12.4 Å². The zero-order valence-corrected chi connectivity index (χ0v) is 13.0. The molecule has 0 aliphatic rings. The van der Waals surface area contributed by atoms with Gasteiger partial charge in [-0.25, -0.2) is 0 Å². The van der Waals surface area contributed by atoms with Gasteiger partial charge in [-0.3, -0.25) is 14.9 Å². The lowest BCUT2D eigenvalue weighted by Crippen LogP contribution is -2.32. The molecule has 0 aromatic heterocycles. The molecule has 1 aromatic rings. The van der Waals surface area contributed by atoms with Crippen molar-refractivity contribution >= 4 is 39.9 Å². The maximum absolute atomic E-state index is 12.1. The highest BCUT2D eigenvalue weighted by Crippen LogP contribution is 2.23. The van der Waals surface area contributed by atoms with Crippen LogP contribution in [-0.2, 0) is 0 Å². The normalized spacial score (nSPS) is 9.63. The lowest BCUT2D eigenvalue weighted by Gasteiger charge is -2.17. The molecule has 1 aromatic carbocycles. The van der Waals surface area contributed by atoms with Crippen molar-refractivity contribution in [1.82, 2.24) is 10.2 Å². The molecule has 0 radical (unpaired) electrons. The summed E-state index contributed by atoms with van der Waals surface area (Å²) in [5, 5.41) is 13.5. The molecule has 0 atom stereocenters. The van der Waals surface area contributed by atoms with E-state index in [1.54, 1.807) is 19.0 Å². The SMILES string of the molecule is CNCCN(C)C(=O)c1ccc([N+](=O)[O-])cc1Br.Cl. The topological polar surface area (TPSA) is 75.5 Å². The van der Waals surface area contributed by atoms with Crippen molar-refractivity contribution < 1.29 is 9.72 Å². The highest BCUT2D eigenvalue weighted by atomic mass is 79.9. The first kappa shape index (κ1) is 17.8. The Morgan fingerprint density at radius 1 is 1.53 bits per heavy atom. The lowest BCUT2D eigenvalue weighted by molar-refractivity contribution is -0.384. The van der Waals surface area contributed by atoms with Crippen LogP contribution in [0, 0.1) is 10.1 Å². The van der Waals surface area contributed by atoms with E-state index >= 15 is 0 Å². The fourth-order valence-electron chi connectivity index (χ4n) is 1.38. The zero-order valence-electron chi connectivity index (χ0n) is 10.6. The molecule has 19 heavy (non-hydrogen) atoms. The van der Waals surface area contributed by atoms with E-state index in [4.69, 9.17) is 0 Å². The summed E-state index contributed by atoms with van der Waals surface area (Å²) in [5.74, 6) is -0.174. The van der Waals surface area contributed by atoms with Crippen LogP contribution < -0.4 is 5.32 Å². The van der Waals surface area contributed by atoms with Gasteiger partial charge in [0.2, 0.25) is 0 Å². The third-order valence-corrected chi connectivity index (χ3v) is 3.09. The maximum atomic E-state index is 12.1. The highest BCUT2D eigenvalue weighted by molar-refractivity contribution is 9.10. The van der Waals surface area contributed by atoms with E-state index in [-0.39, 0.29) is 24.0 Å². The third kappa shape index (κ3) is 4.77. The summed E-state index contributed by atoms with van der Waals surface area (Å²) in [7, 11) is 3.49. The number of hydrogen-bond donors (Lipinski definition) is 1. The van der Waals surface area contributed by atoms with Gasteiger partial charge in [0.15, 0.2) is 0 Å². The van der Waals surface area contributed by atoms with Crippen molar-refractivity contribution in [3.63, 3.8) is 0 Å². The summed E-state index contributed by atoms with van der Waals surface area (Å²) in [6, 6.07) is 4.11. The summed E-state index contributed by atoms with van der Waals surface area (Å²) in [4.78, 5) is 23.7. The van der Waals surface area contributed by atoms with E-state index in [9.17, 15) is 14.9 Å². The second-order valence-corrected chi connectivity index (χ2v) is 4.61. The number of likely N-dealkylation sites (N-methyl/N-ethyl adjacent to an activating group) is 2. The first-order chi connectivity index (χ1) is 8.47. The number of rotatable bonds is 5. The Bertz CT molecular complexity index is 470. The van der Waals surface area contributed by atoms with Gasteiger partial charge in [0.25, 0.3) is 11.6 Å². The Balaban J connectivity index is 0.00000324. The van der Waals surface area contributed by atoms with Crippen LogP contribution in [0.15, 0.2) is 22.7 Å². The minimum atomic E-state index is -0.496. The van der Waals surface area contributed by atoms with Crippen molar-refractivity contribution in [2.45, 2.75) is 0 Å².